The Bertz CT molecular complexity index is 753. The average molecular weight is 337 g/mol. The number of aryl methyl sites for hydroxylation is 3. The topological polar surface area (TPSA) is 38.3 Å². The van der Waals surface area contributed by atoms with Crippen LogP contribution in [0.2, 0.25) is 0 Å². The first-order valence-corrected chi connectivity index (χ1v) is 9.18. The van der Waals surface area contributed by atoms with Gasteiger partial charge in [0.25, 0.3) is 5.91 Å². The van der Waals surface area contributed by atoms with Gasteiger partial charge in [0.15, 0.2) is 6.10 Å². The summed E-state index contributed by atoms with van der Waals surface area (Å²) in [4.78, 5) is 12.5. The van der Waals surface area contributed by atoms with Gasteiger partial charge in [-0.3, -0.25) is 4.79 Å². The zero-order valence-electron chi connectivity index (χ0n) is 15.3. The number of ether oxygens (including phenoxy) is 1. The fourth-order valence-corrected chi connectivity index (χ4v) is 3.38. The number of rotatable bonds is 5. The predicted octanol–water partition coefficient (Wildman–Crippen LogP) is 4.52. The predicted molar refractivity (Wildman–Crippen MR) is 101 cm³/mol. The minimum atomic E-state index is -0.526. The van der Waals surface area contributed by atoms with Crippen LogP contribution in [0.15, 0.2) is 42.5 Å². The largest absolute Gasteiger partial charge is 0.481 e. The van der Waals surface area contributed by atoms with Gasteiger partial charge in [-0.15, -0.1) is 0 Å². The van der Waals surface area contributed by atoms with Gasteiger partial charge in [-0.2, -0.15) is 0 Å². The van der Waals surface area contributed by atoms with Gasteiger partial charge in [0.05, 0.1) is 6.04 Å². The monoisotopic (exact) mass is 337 g/mol. The molecule has 0 heterocycles. The van der Waals surface area contributed by atoms with E-state index in [1.807, 2.05) is 38.1 Å². The van der Waals surface area contributed by atoms with E-state index in [0.717, 1.165) is 23.3 Å². The lowest BCUT2D eigenvalue weighted by Gasteiger charge is -2.22. The molecule has 0 saturated heterocycles. The number of carbonyl (C=O) groups excluding carboxylic acids is 1. The van der Waals surface area contributed by atoms with E-state index in [9.17, 15) is 4.79 Å². The molecule has 0 saturated carbocycles. The number of hydrogen-bond donors (Lipinski definition) is 1. The molecular weight excluding hydrogens is 310 g/mol. The molecule has 2 atom stereocenters. The molecule has 2 aromatic carbocycles. The lowest BCUT2D eigenvalue weighted by Crippen LogP contribution is -2.37. The molecule has 2 aromatic rings. The third-order valence-corrected chi connectivity index (χ3v) is 4.90. The van der Waals surface area contributed by atoms with E-state index in [0.29, 0.717) is 0 Å². The van der Waals surface area contributed by atoms with Crippen molar-refractivity contribution in [1.82, 2.24) is 5.32 Å². The lowest BCUT2D eigenvalue weighted by molar-refractivity contribution is -0.127. The molecule has 0 aliphatic heterocycles. The third kappa shape index (κ3) is 4.41. The second kappa shape index (κ2) is 7.73. The molecule has 0 radical (unpaired) electrons. The van der Waals surface area contributed by atoms with E-state index in [1.54, 1.807) is 6.92 Å². The van der Waals surface area contributed by atoms with E-state index in [1.165, 1.54) is 30.4 Å². The fraction of sp³-hybridized carbons (Fsp3) is 0.409. The number of benzene rings is 2. The van der Waals surface area contributed by atoms with E-state index in [2.05, 4.69) is 23.5 Å². The van der Waals surface area contributed by atoms with Crippen LogP contribution in [0.5, 0.6) is 5.75 Å². The van der Waals surface area contributed by atoms with Gasteiger partial charge in [0.1, 0.15) is 5.75 Å². The molecule has 1 aliphatic carbocycles. The maximum Gasteiger partial charge on any atom is 0.261 e. The molecule has 0 unspecified atom stereocenters. The number of fused-ring (bicyclic) bond motifs is 1. The van der Waals surface area contributed by atoms with Gasteiger partial charge in [0, 0.05) is 0 Å². The van der Waals surface area contributed by atoms with Crippen LogP contribution in [0, 0.1) is 6.92 Å². The number of amides is 1. The van der Waals surface area contributed by atoms with Crippen molar-refractivity contribution in [3.8, 4) is 5.75 Å². The quantitative estimate of drug-likeness (QED) is 0.871. The Morgan fingerprint density at radius 3 is 2.56 bits per heavy atom. The molecular formula is C22H27NO2. The van der Waals surface area contributed by atoms with Crippen LogP contribution in [0.25, 0.3) is 0 Å². The molecule has 1 aliphatic rings. The van der Waals surface area contributed by atoms with Crippen LogP contribution in [0.4, 0.5) is 0 Å². The van der Waals surface area contributed by atoms with Crippen molar-refractivity contribution in [1.29, 1.82) is 0 Å². The molecule has 0 fully saturated rings. The summed E-state index contributed by atoms with van der Waals surface area (Å²) in [5.41, 5.74) is 5.18. The molecule has 25 heavy (non-hydrogen) atoms. The summed E-state index contributed by atoms with van der Waals surface area (Å²) in [5, 5.41) is 3.07. The van der Waals surface area contributed by atoms with Crippen molar-refractivity contribution in [3.05, 3.63) is 64.7 Å². The third-order valence-electron chi connectivity index (χ3n) is 4.90. The van der Waals surface area contributed by atoms with Crippen molar-refractivity contribution >= 4 is 5.91 Å². The van der Waals surface area contributed by atoms with Gasteiger partial charge >= 0.3 is 0 Å². The highest BCUT2D eigenvalue weighted by Gasteiger charge is 2.19. The van der Waals surface area contributed by atoms with Gasteiger partial charge in [-0.1, -0.05) is 30.3 Å². The SMILES string of the molecule is Cc1cccc(O[C@@H](C)C(=O)N[C@@H](C)c2ccc3c(c2)CCCC3)c1. The number of carbonyl (C=O) groups is 1. The number of hydrogen-bond acceptors (Lipinski definition) is 2. The van der Waals surface area contributed by atoms with Crippen molar-refractivity contribution in [2.45, 2.75) is 58.6 Å². The minimum absolute atomic E-state index is 0.0247. The van der Waals surface area contributed by atoms with E-state index in [-0.39, 0.29) is 11.9 Å². The molecule has 132 valence electrons. The summed E-state index contributed by atoms with van der Waals surface area (Å²) in [5.74, 6) is 0.635. The summed E-state index contributed by atoms with van der Waals surface area (Å²) in [7, 11) is 0. The summed E-state index contributed by atoms with van der Waals surface area (Å²) in [6, 6.07) is 14.4. The molecule has 1 amide bonds. The Hall–Kier alpha value is -2.29. The van der Waals surface area contributed by atoms with E-state index < -0.39 is 6.10 Å². The Morgan fingerprint density at radius 1 is 1.04 bits per heavy atom. The van der Waals surface area contributed by atoms with E-state index in [4.69, 9.17) is 4.74 Å². The highest BCUT2D eigenvalue weighted by atomic mass is 16.5. The molecule has 3 rings (SSSR count). The second-order valence-corrected chi connectivity index (χ2v) is 7.04. The minimum Gasteiger partial charge on any atom is -0.481 e. The normalized spacial score (nSPS) is 15.8. The fourth-order valence-electron chi connectivity index (χ4n) is 3.38. The maximum atomic E-state index is 12.5. The smallest absolute Gasteiger partial charge is 0.261 e. The molecule has 0 bridgehead atoms. The first-order valence-electron chi connectivity index (χ1n) is 9.18. The van der Waals surface area contributed by atoms with Crippen LogP contribution < -0.4 is 10.1 Å². The van der Waals surface area contributed by atoms with Gasteiger partial charge in [0.2, 0.25) is 0 Å². The summed E-state index contributed by atoms with van der Waals surface area (Å²) in [6.45, 7) is 5.83. The first-order chi connectivity index (χ1) is 12.0. The summed E-state index contributed by atoms with van der Waals surface area (Å²) < 4.78 is 5.77. The van der Waals surface area contributed by atoms with Crippen LogP contribution in [0.1, 0.15) is 55.0 Å². The van der Waals surface area contributed by atoms with Crippen molar-refractivity contribution < 1.29 is 9.53 Å². The van der Waals surface area contributed by atoms with Gasteiger partial charge in [-0.05, 0) is 80.8 Å². The maximum absolute atomic E-state index is 12.5. The Labute approximate surface area is 150 Å². The van der Waals surface area contributed by atoms with Gasteiger partial charge in [-0.25, -0.2) is 0 Å². The standard InChI is InChI=1S/C22H27NO2/c1-15-7-6-10-21(13-15)25-17(3)22(24)23-16(2)19-12-11-18-8-4-5-9-20(18)14-19/h6-7,10-14,16-17H,4-5,8-9H2,1-3H3,(H,23,24)/t16-,17-/m0/s1. The highest BCUT2D eigenvalue weighted by Crippen LogP contribution is 2.25. The average Bonchev–Trinajstić information content (AvgIpc) is 2.61. The molecule has 1 N–H and O–H groups in total. The first kappa shape index (κ1) is 17.5. The molecule has 0 aromatic heterocycles. The Kier molecular flexibility index (Phi) is 5.42. The zero-order valence-corrected chi connectivity index (χ0v) is 15.3. The van der Waals surface area contributed by atoms with E-state index >= 15 is 0 Å². The van der Waals surface area contributed by atoms with Crippen LogP contribution in [0.3, 0.4) is 0 Å². The Balaban J connectivity index is 1.61. The van der Waals surface area contributed by atoms with Crippen molar-refractivity contribution in [2.24, 2.45) is 0 Å². The van der Waals surface area contributed by atoms with Crippen LogP contribution in [-0.2, 0) is 17.6 Å². The Morgan fingerprint density at radius 2 is 1.80 bits per heavy atom. The summed E-state index contributed by atoms with van der Waals surface area (Å²) >= 11 is 0. The van der Waals surface area contributed by atoms with Crippen molar-refractivity contribution in [3.63, 3.8) is 0 Å². The summed E-state index contributed by atoms with van der Waals surface area (Å²) in [6.07, 6.45) is 4.35. The van der Waals surface area contributed by atoms with Crippen LogP contribution >= 0.6 is 0 Å². The van der Waals surface area contributed by atoms with Gasteiger partial charge < -0.3 is 10.1 Å². The second-order valence-electron chi connectivity index (χ2n) is 7.04. The number of nitrogens with one attached hydrogen (secondary N) is 1. The van der Waals surface area contributed by atoms with Crippen LogP contribution in [-0.4, -0.2) is 12.0 Å². The zero-order chi connectivity index (χ0) is 17.8. The lowest BCUT2D eigenvalue weighted by atomic mass is 9.89. The highest BCUT2D eigenvalue weighted by molar-refractivity contribution is 5.81. The molecule has 3 heteroatoms. The molecule has 3 nitrogen and oxygen atoms in total. The van der Waals surface area contributed by atoms with Crippen molar-refractivity contribution in [2.75, 3.05) is 0 Å². The molecule has 0 spiro atoms.